The molecule has 0 spiro atoms. The Morgan fingerprint density at radius 2 is 2.00 bits per heavy atom. The van der Waals surface area contributed by atoms with E-state index >= 15 is 0 Å². The highest BCUT2D eigenvalue weighted by Crippen LogP contribution is 2.29. The Balaban J connectivity index is 1.65. The van der Waals surface area contributed by atoms with Crippen molar-refractivity contribution in [1.29, 1.82) is 0 Å². The van der Waals surface area contributed by atoms with Gasteiger partial charge in [-0.2, -0.15) is 0 Å². The molecule has 0 aromatic heterocycles. The molecule has 2 aliphatic rings. The maximum atomic E-state index is 9.48. The highest BCUT2D eigenvalue weighted by molar-refractivity contribution is 5.36. The summed E-state index contributed by atoms with van der Waals surface area (Å²) in [5.41, 5.74) is 2.82. The second-order valence-corrected chi connectivity index (χ2v) is 5.57. The highest BCUT2D eigenvalue weighted by Gasteiger charge is 2.22. The van der Waals surface area contributed by atoms with Crippen LogP contribution in [0.4, 0.5) is 0 Å². The Kier molecular flexibility index (Phi) is 3.06. The fraction of sp³-hybridized carbons (Fsp3) is 0.600. The first-order valence-corrected chi connectivity index (χ1v) is 6.84. The molecule has 1 fully saturated rings. The van der Waals surface area contributed by atoms with Gasteiger partial charge < -0.3 is 10.0 Å². The van der Waals surface area contributed by atoms with E-state index in [1.54, 1.807) is 0 Å². The van der Waals surface area contributed by atoms with Gasteiger partial charge >= 0.3 is 0 Å². The quantitative estimate of drug-likeness (QED) is 0.845. The van der Waals surface area contributed by atoms with Gasteiger partial charge in [0.25, 0.3) is 0 Å². The number of rotatable bonds is 2. The Bertz CT molecular complexity index is 396. The molecular formula is C15H21NO. The van der Waals surface area contributed by atoms with Crippen LogP contribution in [0.25, 0.3) is 0 Å². The number of hydrogen-bond donors (Lipinski definition) is 1. The average molecular weight is 231 g/mol. The van der Waals surface area contributed by atoms with Crippen molar-refractivity contribution in [1.82, 2.24) is 4.90 Å². The monoisotopic (exact) mass is 231 g/mol. The molecule has 17 heavy (non-hydrogen) atoms. The summed E-state index contributed by atoms with van der Waals surface area (Å²) in [6.07, 6.45) is 6.40. The summed E-state index contributed by atoms with van der Waals surface area (Å²) in [5.74, 6) is 1.24. The molecule has 0 radical (unpaired) electrons. The fourth-order valence-electron chi connectivity index (χ4n) is 3.30. The van der Waals surface area contributed by atoms with Gasteiger partial charge in [0.1, 0.15) is 5.75 Å². The van der Waals surface area contributed by atoms with E-state index in [1.807, 2.05) is 12.1 Å². The standard InChI is InChI=1S/C15H21NO/c17-15-6-5-13-9-12(3-4-14(13)10-15)11-16-7-1-2-8-16/h5-6,10,12,17H,1-4,7-9,11H2. The molecule has 1 saturated heterocycles. The average Bonchev–Trinajstić information content (AvgIpc) is 2.82. The number of nitrogens with zero attached hydrogens (tertiary/aromatic N) is 1. The van der Waals surface area contributed by atoms with Crippen LogP contribution >= 0.6 is 0 Å². The predicted molar refractivity (Wildman–Crippen MR) is 69.3 cm³/mol. The summed E-state index contributed by atoms with van der Waals surface area (Å²) < 4.78 is 0. The topological polar surface area (TPSA) is 23.5 Å². The van der Waals surface area contributed by atoms with E-state index in [0.29, 0.717) is 5.75 Å². The van der Waals surface area contributed by atoms with Crippen LogP contribution in [0.3, 0.4) is 0 Å². The number of aryl methyl sites for hydroxylation is 1. The molecule has 1 unspecified atom stereocenters. The predicted octanol–water partition coefficient (Wildman–Crippen LogP) is 2.59. The van der Waals surface area contributed by atoms with Gasteiger partial charge in [-0.1, -0.05) is 6.07 Å². The second-order valence-electron chi connectivity index (χ2n) is 5.57. The third-order valence-electron chi connectivity index (χ3n) is 4.24. The zero-order valence-electron chi connectivity index (χ0n) is 10.4. The number of hydrogen-bond acceptors (Lipinski definition) is 2. The van der Waals surface area contributed by atoms with E-state index in [9.17, 15) is 5.11 Å². The maximum Gasteiger partial charge on any atom is 0.115 e. The smallest absolute Gasteiger partial charge is 0.115 e. The van der Waals surface area contributed by atoms with Gasteiger partial charge in [0.05, 0.1) is 0 Å². The summed E-state index contributed by atoms with van der Waals surface area (Å²) in [6, 6.07) is 5.89. The third kappa shape index (κ3) is 2.47. The SMILES string of the molecule is Oc1ccc2c(c1)CCC(CN1CCCC1)C2. The molecule has 1 aromatic rings. The minimum Gasteiger partial charge on any atom is -0.508 e. The lowest BCUT2D eigenvalue weighted by Crippen LogP contribution is -2.30. The molecule has 2 nitrogen and oxygen atoms in total. The zero-order valence-corrected chi connectivity index (χ0v) is 10.4. The molecule has 1 heterocycles. The van der Waals surface area contributed by atoms with Crippen LogP contribution in [0.5, 0.6) is 5.75 Å². The first kappa shape index (κ1) is 11.1. The molecule has 0 bridgehead atoms. The molecule has 0 saturated carbocycles. The minimum atomic E-state index is 0.418. The van der Waals surface area contributed by atoms with Crippen LogP contribution < -0.4 is 0 Å². The minimum absolute atomic E-state index is 0.418. The van der Waals surface area contributed by atoms with E-state index in [4.69, 9.17) is 0 Å². The van der Waals surface area contributed by atoms with E-state index in [1.165, 1.54) is 56.4 Å². The Morgan fingerprint density at radius 1 is 1.18 bits per heavy atom. The summed E-state index contributed by atoms with van der Waals surface area (Å²) in [7, 11) is 0. The van der Waals surface area contributed by atoms with Crippen LogP contribution in [-0.4, -0.2) is 29.6 Å². The molecule has 1 aliphatic carbocycles. The number of fused-ring (bicyclic) bond motifs is 1. The Morgan fingerprint density at radius 3 is 2.82 bits per heavy atom. The lowest BCUT2D eigenvalue weighted by Gasteiger charge is -2.28. The van der Waals surface area contributed by atoms with Gasteiger partial charge in [0.2, 0.25) is 0 Å². The van der Waals surface area contributed by atoms with E-state index in [0.717, 1.165) is 12.3 Å². The number of aromatic hydroxyl groups is 1. The van der Waals surface area contributed by atoms with E-state index < -0.39 is 0 Å². The van der Waals surface area contributed by atoms with E-state index in [2.05, 4.69) is 11.0 Å². The van der Waals surface area contributed by atoms with Crippen molar-refractivity contribution >= 4 is 0 Å². The Labute approximate surface area is 103 Å². The van der Waals surface area contributed by atoms with Crippen LogP contribution in [0.2, 0.25) is 0 Å². The summed E-state index contributed by atoms with van der Waals surface area (Å²) in [4.78, 5) is 2.62. The van der Waals surface area contributed by atoms with Gasteiger partial charge in [-0.3, -0.25) is 0 Å². The third-order valence-corrected chi connectivity index (χ3v) is 4.24. The number of phenols is 1. The molecular weight excluding hydrogens is 210 g/mol. The van der Waals surface area contributed by atoms with Crippen molar-refractivity contribution in [3.05, 3.63) is 29.3 Å². The van der Waals surface area contributed by atoms with Crippen molar-refractivity contribution in [3.63, 3.8) is 0 Å². The van der Waals surface area contributed by atoms with Crippen molar-refractivity contribution in [2.24, 2.45) is 5.92 Å². The normalized spacial score (nSPS) is 24.8. The van der Waals surface area contributed by atoms with Gasteiger partial charge in [-0.15, -0.1) is 0 Å². The van der Waals surface area contributed by atoms with Crippen LogP contribution in [0, 0.1) is 5.92 Å². The van der Waals surface area contributed by atoms with Crippen LogP contribution in [0.1, 0.15) is 30.4 Å². The summed E-state index contributed by atoms with van der Waals surface area (Å²) >= 11 is 0. The molecule has 1 aliphatic heterocycles. The molecule has 2 heteroatoms. The fourth-order valence-corrected chi connectivity index (χ4v) is 3.30. The van der Waals surface area contributed by atoms with Gasteiger partial charge in [0, 0.05) is 6.54 Å². The first-order valence-electron chi connectivity index (χ1n) is 6.84. The van der Waals surface area contributed by atoms with Crippen molar-refractivity contribution < 1.29 is 5.11 Å². The van der Waals surface area contributed by atoms with Crippen LogP contribution in [-0.2, 0) is 12.8 Å². The van der Waals surface area contributed by atoms with Crippen LogP contribution in [0.15, 0.2) is 18.2 Å². The largest absolute Gasteiger partial charge is 0.508 e. The molecule has 92 valence electrons. The lowest BCUT2D eigenvalue weighted by molar-refractivity contribution is 0.261. The Hall–Kier alpha value is -1.02. The number of likely N-dealkylation sites (tertiary alicyclic amines) is 1. The van der Waals surface area contributed by atoms with Crippen molar-refractivity contribution in [3.8, 4) is 5.75 Å². The molecule has 1 atom stereocenters. The summed E-state index contributed by atoms with van der Waals surface area (Å²) in [5, 5.41) is 9.48. The zero-order chi connectivity index (χ0) is 11.7. The summed E-state index contributed by atoms with van der Waals surface area (Å²) in [6.45, 7) is 3.89. The number of benzene rings is 1. The highest BCUT2D eigenvalue weighted by atomic mass is 16.3. The second kappa shape index (κ2) is 4.69. The lowest BCUT2D eigenvalue weighted by atomic mass is 9.83. The number of phenolic OH excluding ortho intramolecular Hbond substituents is 1. The maximum absolute atomic E-state index is 9.48. The molecule has 3 rings (SSSR count). The molecule has 1 N–H and O–H groups in total. The van der Waals surface area contributed by atoms with Gasteiger partial charge in [0.15, 0.2) is 0 Å². The molecule has 0 amide bonds. The first-order chi connectivity index (χ1) is 8.31. The van der Waals surface area contributed by atoms with Crippen molar-refractivity contribution in [2.45, 2.75) is 32.1 Å². The van der Waals surface area contributed by atoms with Gasteiger partial charge in [-0.05, 0) is 74.4 Å². The van der Waals surface area contributed by atoms with E-state index in [-0.39, 0.29) is 0 Å². The van der Waals surface area contributed by atoms with Crippen molar-refractivity contribution in [2.75, 3.05) is 19.6 Å². The van der Waals surface area contributed by atoms with Gasteiger partial charge in [-0.25, -0.2) is 0 Å². The molecule has 1 aromatic carbocycles.